The van der Waals surface area contributed by atoms with E-state index >= 15 is 0 Å². The van der Waals surface area contributed by atoms with E-state index in [-0.39, 0.29) is 18.7 Å². The molecule has 114 valence electrons. The van der Waals surface area contributed by atoms with Crippen molar-refractivity contribution in [3.05, 3.63) is 66.8 Å². The summed E-state index contributed by atoms with van der Waals surface area (Å²) in [5.41, 5.74) is -1.65. The maximum absolute atomic E-state index is 14.1. The van der Waals surface area contributed by atoms with E-state index in [1.54, 1.807) is 17.0 Å². The van der Waals surface area contributed by atoms with Gasteiger partial charge in [0.15, 0.2) is 0 Å². The Morgan fingerprint density at radius 1 is 1.14 bits per heavy atom. The highest BCUT2D eigenvalue weighted by Crippen LogP contribution is 2.28. The normalized spacial score (nSPS) is 14.0. The van der Waals surface area contributed by atoms with Gasteiger partial charge in [0, 0.05) is 24.0 Å². The van der Waals surface area contributed by atoms with Gasteiger partial charge < -0.3 is 9.67 Å². The lowest BCUT2D eigenvalue weighted by atomic mass is 9.92. The monoisotopic (exact) mass is 305 g/mol. The SMILES string of the molecule is OC(Cn1ccnc1)(Cn1cncn1)c1ccc(F)cc1F. The Morgan fingerprint density at radius 2 is 2.00 bits per heavy atom. The lowest BCUT2D eigenvalue weighted by molar-refractivity contribution is -0.00546. The molecule has 0 fully saturated rings. The zero-order valence-corrected chi connectivity index (χ0v) is 11.5. The summed E-state index contributed by atoms with van der Waals surface area (Å²) in [5, 5.41) is 14.9. The highest BCUT2D eigenvalue weighted by Gasteiger charge is 2.34. The fourth-order valence-electron chi connectivity index (χ4n) is 2.35. The van der Waals surface area contributed by atoms with E-state index in [0.29, 0.717) is 0 Å². The standard InChI is InChI=1S/C14H13F2N5O/c15-11-1-2-12(13(16)5-11)14(22,6-20-4-3-17-9-20)7-21-10-18-8-19-21/h1-5,8-10,22H,6-7H2. The van der Waals surface area contributed by atoms with Crippen molar-refractivity contribution in [1.82, 2.24) is 24.3 Å². The average molecular weight is 305 g/mol. The summed E-state index contributed by atoms with van der Waals surface area (Å²) in [4.78, 5) is 7.70. The second kappa shape index (κ2) is 5.64. The van der Waals surface area contributed by atoms with Crippen LogP contribution in [0.4, 0.5) is 8.78 Å². The van der Waals surface area contributed by atoms with Gasteiger partial charge >= 0.3 is 0 Å². The van der Waals surface area contributed by atoms with E-state index in [1.807, 2.05) is 0 Å². The molecule has 6 nitrogen and oxygen atoms in total. The highest BCUT2D eigenvalue weighted by atomic mass is 19.1. The molecule has 0 aliphatic rings. The van der Waals surface area contributed by atoms with Gasteiger partial charge in [0.2, 0.25) is 0 Å². The molecule has 1 aromatic carbocycles. The molecule has 0 bridgehead atoms. The van der Waals surface area contributed by atoms with Crippen molar-refractivity contribution in [1.29, 1.82) is 0 Å². The molecular weight excluding hydrogens is 292 g/mol. The fourth-order valence-corrected chi connectivity index (χ4v) is 2.35. The molecule has 2 aromatic heterocycles. The lowest BCUT2D eigenvalue weighted by Gasteiger charge is -2.29. The Balaban J connectivity index is 2.01. The van der Waals surface area contributed by atoms with Crippen molar-refractivity contribution in [2.45, 2.75) is 18.7 Å². The number of hydrogen-bond donors (Lipinski definition) is 1. The Kier molecular flexibility index (Phi) is 3.68. The summed E-state index contributed by atoms with van der Waals surface area (Å²) in [6.45, 7) is 0.00312. The molecule has 0 saturated heterocycles. The minimum absolute atomic E-state index is 0.0156. The number of aromatic nitrogens is 5. The first kappa shape index (κ1) is 14.3. The van der Waals surface area contributed by atoms with Gasteiger partial charge in [-0.1, -0.05) is 6.07 Å². The zero-order chi connectivity index (χ0) is 15.6. The predicted molar refractivity (Wildman–Crippen MR) is 72.5 cm³/mol. The van der Waals surface area contributed by atoms with Crippen LogP contribution in [-0.2, 0) is 18.7 Å². The Hall–Kier alpha value is -2.61. The summed E-state index contributed by atoms with van der Waals surface area (Å²) in [5.74, 6) is -1.52. The summed E-state index contributed by atoms with van der Waals surface area (Å²) >= 11 is 0. The lowest BCUT2D eigenvalue weighted by Crippen LogP contribution is -2.37. The van der Waals surface area contributed by atoms with Crippen LogP contribution in [0.5, 0.6) is 0 Å². The van der Waals surface area contributed by atoms with Crippen molar-refractivity contribution in [3.63, 3.8) is 0 Å². The van der Waals surface area contributed by atoms with Crippen molar-refractivity contribution >= 4 is 0 Å². The molecule has 0 aliphatic carbocycles. The van der Waals surface area contributed by atoms with Gasteiger partial charge in [-0.05, 0) is 6.07 Å². The van der Waals surface area contributed by atoms with Gasteiger partial charge in [0.25, 0.3) is 0 Å². The number of imidazole rings is 1. The summed E-state index contributed by atoms with van der Waals surface area (Å²) in [6, 6.07) is 3.09. The van der Waals surface area contributed by atoms with Crippen LogP contribution in [-0.4, -0.2) is 29.4 Å². The van der Waals surface area contributed by atoms with Crippen LogP contribution in [0.1, 0.15) is 5.56 Å². The van der Waals surface area contributed by atoms with Crippen molar-refractivity contribution in [2.75, 3.05) is 0 Å². The molecule has 2 heterocycles. The van der Waals surface area contributed by atoms with Crippen LogP contribution >= 0.6 is 0 Å². The third-order valence-electron chi connectivity index (χ3n) is 3.33. The second-order valence-corrected chi connectivity index (χ2v) is 4.98. The maximum atomic E-state index is 14.1. The third kappa shape index (κ3) is 2.86. The van der Waals surface area contributed by atoms with Gasteiger partial charge in [0.1, 0.15) is 29.9 Å². The van der Waals surface area contributed by atoms with Gasteiger partial charge in [-0.3, -0.25) is 0 Å². The number of halogens is 2. The van der Waals surface area contributed by atoms with Gasteiger partial charge in [-0.2, -0.15) is 5.10 Å². The molecular formula is C14H13F2N5O. The van der Waals surface area contributed by atoms with Crippen LogP contribution in [0.15, 0.2) is 49.6 Å². The summed E-state index contributed by atoms with van der Waals surface area (Å²) in [7, 11) is 0. The molecule has 0 spiro atoms. The van der Waals surface area contributed by atoms with Crippen LogP contribution in [0.25, 0.3) is 0 Å². The first-order valence-corrected chi connectivity index (χ1v) is 6.53. The largest absolute Gasteiger partial charge is 0.381 e. The number of rotatable bonds is 5. The van der Waals surface area contributed by atoms with Gasteiger partial charge in [-0.15, -0.1) is 0 Å². The number of hydrogen-bond acceptors (Lipinski definition) is 4. The maximum Gasteiger partial charge on any atom is 0.137 e. The van der Waals surface area contributed by atoms with Crippen molar-refractivity contribution in [3.8, 4) is 0 Å². The molecule has 22 heavy (non-hydrogen) atoms. The van der Waals surface area contributed by atoms with E-state index < -0.39 is 17.2 Å². The average Bonchev–Trinajstić information content (AvgIpc) is 3.12. The van der Waals surface area contributed by atoms with Crippen LogP contribution in [0.2, 0.25) is 0 Å². The molecule has 8 heteroatoms. The van der Waals surface area contributed by atoms with Crippen molar-refractivity contribution in [2.24, 2.45) is 0 Å². The zero-order valence-electron chi connectivity index (χ0n) is 11.5. The Labute approximate surface area is 124 Å². The molecule has 1 atom stereocenters. The first-order valence-electron chi connectivity index (χ1n) is 6.53. The van der Waals surface area contributed by atoms with Crippen LogP contribution in [0, 0.1) is 11.6 Å². The van der Waals surface area contributed by atoms with E-state index in [9.17, 15) is 13.9 Å². The van der Waals surface area contributed by atoms with E-state index in [1.165, 1.54) is 29.7 Å². The van der Waals surface area contributed by atoms with Gasteiger partial charge in [0.05, 0.1) is 19.4 Å². The highest BCUT2D eigenvalue weighted by molar-refractivity contribution is 5.25. The first-order chi connectivity index (χ1) is 10.6. The number of nitrogens with zero attached hydrogens (tertiary/aromatic N) is 5. The van der Waals surface area contributed by atoms with E-state index in [4.69, 9.17) is 0 Å². The molecule has 3 rings (SSSR count). The molecule has 3 aromatic rings. The topological polar surface area (TPSA) is 68.8 Å². The smallest absolute Gasteiger partial charge is 0.137 e. The molecule has 0 amide bonds. The third-order valence-corrected chi connectivity index (χ3v) is 3.33. The second-order valence-electron chi connectivity index (χ2n) is 4.98. The minimum atomic E-state index is -1.63. The Morgan fingerprint density at radius 3 is 2.64 bits per heavy atom. The van der Waals surface area contributed by atoms with Crippen LogP contribution in [0.3, 0.4) is 0 Å². The van der Waals surface area contributed by atoms with Gasteiger partial charge in [-0.25, -0.2) is 23.4 Å². The summed E-state index contributed by atoms with van der Waals surface area (Å²) in [6.07, 6.45) is 7.44. The quantitative estimate of drug-likeness (QED) is 0.772. The number of benzene rings is 1. The molecule has 0 saturated carbocycles. The predicted octanol–water partition coefficient (Wildman–Crippen LogP) is 1.34. The number of aliphatic hydroxyl groups is 1. The van der Waals surface area contributed by atoms with Crippen molar-refractivity contribution < 1.29 is 13.9 Å². The van der Waals surface area contributed by atoms with E-state index in [0.717, 1.165) is 12.1 Å². The molecule has 1 N–H and O–H groups in total. The molecule has 1 unspecified atom stereocenters. The molecule has 0 aliphatic heterocycles. The van der Waals surface area contributed by atoms with E-state index in [2.05, 4.69) is 15.1 Å². The van der Waals surface area contributed by atoms with Crippen LogP contribution < -0.4 is 0 Å². The fraction of sp³-hybridized carbons (Fsp3) is 0.214. The Bertz CT molecular complexity index is 706. The minimum Gasteiger partial charge on any atom is -0.381 e. The molecule has 0 radical (unpaired) electrons. The summed E-state index contributed by atoms with van der Waals surface area (Å²) < 4.78 is 30.3.